The maximum atomic E-state index is 12.0. The minimum absolute atomic E-state index is 0.0927. The number of hydrogen-bond donors (Lipinski definition) is 1. The molecule has 150 valence electrons. The highest BCUT2D eigenvalue weighted by Crippen LogP contribution is 2.27. The van der Waals surface area contributed by atoms with Gasteiger partial charge in [-0.3, -0.25) is 14.4 Å². The summed E-state index contributed by atoms with van der Waals surface area (Å²) in [5.41, 5.74) is 0.533. The molecule has 0 unspecified atom stereocenters. The second-order valence-electron chi connectivity index (χ2n) is 5.43. The number of benzene rings is 1. The Morgan fingerprint density at radius 2 is 1.93 bits per heavy atom. The molecule has 0 fully saturated rings. The second-order valence-corrected chi connectivity index (χ2v) is 6.94. The van der Waals surface area contributed by atoms with Crippen molar-refractivity contribution in [2.24, 2.45) is 0 Å². The van der Waals surface area contributed by atoms with Gasteiger partial charge in [0.15, 0.2) is 6.61 Å². The number of rotatable bonds is 11. The molecule has 2 amide bonds. The van der Waals surface area contributed by atoms with Crippen molar-refractivity contribution in [3.8, 4) is 5.75 Å². The first-order chi connectivity index (χ1) is 12.9. The largest absolute Gasteiger partial charge is 0.482 e. The predicted octanol–water partition coefficient (Wildman–Crippen LogP) is 2.82. The molecule has 0 saturated heterocycles. The summed E-state index contributed by atoms with van der Waals surface area (Å²) in [5, 5.41) is 3.04. The fourth-order valence-corrected chi connectivity index (χ4v) is 3.10. The van der Waals surface area contributed by atoms with Crippen molar-refractivity contribution in [1.82, 2.24) is 4.90 Å². The van der Waals surface area contributed by atoms with Gasteiger partial charge in [-0.2, -0.15) is 0 Å². The predicted molar refractivity (Wildman–Crippen MR) is 107 cm³/mol. The number of thioether (sulfide) groups is 1. The van der Waals surface area contributed by atoms with E-state index in [2.05, 4.69) is 10.1 Å². The van der Waals surface area contributed by atoms with E-state index in [1.165, 1.54) is 18.9 Å². The topological polar surface area (TPSA) is 84.9 Å². The molecule has 1 aromatic rings. The van der Waals surface area contributed by atoms with E-state index >= 15 is 0 Å². The van der Waals surface area contributed by atoms with Crippen LogP contribution in [-0.2, 0) is 19.1 Å². The molecule has 0 aliphatic heterocycles. The molecule has 0 radical (unpaired) electrons. The number of carbonyl (C=O) groups excluding carboxylic acids is 3. The molecular formula is C18H25ClN2O5S. The summed E-state index contributed by atoms with van der Waals surface area (Å²) in [6, 6.07) is 4.83. The number of hydrogen-bond acceptors (Lipinski definition) is 6. The Balaban J connectivity index is 2.46. The molecule has 0 aliphatic rings. The molecule has 0 saturated carbocycles. The SMILES string of the molecule is CCN(CC)C(=O)COc1ccc(NC(=O)CCSCC(=O)OC)cc1Cl. The zero-order valence-corrected chi connectivity index (χ0v) is 17.3. The number of amides is 2. The average molecular weight is 417 g/mol. The van der Waals surface area contributed by atoms with E-state index in [4.69, 9.17) is 16.3 Å². The lowest BCUT2D eigenvalue weighted by atomic mass is 10.3. The highest BCUT2D eigenvalue weighted by molar-refractivity contribution is 7.99. The zero-order chi connectivity index (χ0) is 20.2. The van der Waals surface area contributed by atoms with Crippen LogP contribution < -0.4 is 10.1 Å². The number of carbonyl (C=O) groups is 3. The summed E-state index contributed by atoms with van der Waals surface area (Å²) in [7, 11) is 1.33. The molecule has 7 nitrogen and oxygen atoms in total. The van der Waals surface area contributed by atoms with Gasteiger partial charge in [0.2, 0.25) is 5.91 Å². The van der Waals surface area contributed by atoms with Crippen LogP contribution in [0.25, 0.3) is 0 Å². The average Bonchev–Trinajstić information content (AvgIpc) is 2.65. The number of halogens is 1. The quantitative estimate of drug-likeness (QED) is 0.441. The molecule has 0 aliphatic carbocycles. The molecule has 0 spiro atoms. The fraction of sp³-hybridized carbons (Fsp3) is 0.500. The van der Waals surface area contributed by atoms with Crippen molar-refractivity contribution in [2.75, 3.05) is 43.6 Å². The highest BCUT2D eigenvalue weighted by Gasteiger charge is 2.12. The van der Waals surface area contributed by atoms with Gasteiger partial charge in [-0.1, -0.05) is 11.6 Å². The van der Waals surface area contributed by atoms with Crippen LogP contribution in [0.5, 0.6) is 5.75 Å². The van der Waals surface area contributed by atoms with Gasteiger partial charge in [0, 0.05) is 31.0 Å². The van der Waals surface area contributed by atoms with E-state index in [-0.39, 0.29) is 36.6 Å². The van der Waals surface area contributed by atoms with Crippen molar-refractivity contribution >= 4 is 46.8 Å². The lowest BCUT2D eigenvalue weighted by Gasteiger charge is -2.19. The number of methoxy groups -OCH3 is 1. The summed E-state index contributed by atoms with van der Waals surface area (Å²) >= 11 is 7.49. The van der Waals surface area contributed by atoms with E-state index in [9.17, 15) is 14.4 Å². The van der Waals surface area contributed by atoms with Crippen LogP contribution in [-0.4, -0.2) is 61.0 Å². The Hall–Kier alpha value is -1.93. The summed E-state index contributed by atoms with van der Waals surface area (Å²) in [5.74, 6) is 0.481. The molecule has 0 bridgehead atoms. The van der Waals surface area contributed by atoms with Crippen LogP contribution in [0.2, 0.25) is 5.02 Å². The normalized spacial score (nSPS) is 10.2. The zero-order valence-electron chi connectivity index (χ0n) is 15.7. The molecule has 9 heteroatoms. The standard InChI is InChI=1S/C18H25ClN2O5S/c1-4-21(5-2)17(23)11-26-15-7-6-13(10-14(15)19)20-16(22)8-9-27-12-18(24)25-3/h6-7,10H,4-5,8-9,11-12H2,1-3H3,(H,20,22). The van der Waals surface area contributed by atoms with Crippen molar-refractivity contribution < 1.29 is 23.9 Å². The van der Waals surface area contributed by atoms with Crippen LogP contribution in [0.3, 0.4) is 0 Å². The Bertz CT molecular complexity index is 653. The van der Waals surface area contributed by atoms with Gasteiger partial charge in [-0.15, -0.1) is 11.8 Å². The smallest absolute Gasteiger partial charge is 0.315 e. The molecule has 27 heavy (non-hydrogen) atoms. The van der Waals surface area contributed by atoms with E-state index in [0.29, 0.717) is 35.3 Å². The minimum atomic E-state index is -0.317. The monoisotopic (exact) mass is 416 g/mol. The van der Waals surface area contributed by atoms with Crippen molar-refractivity contribution in [3.05, 3.63) is 23.2 Å². The Morgan fingerprint density at radius 3 is 2.52 bits per heavy atom. The Labute approximate surface area is 168 Å². The molecule has 1 rings (SSSR count). The van der Waals surface area contributed by atoms with Crippen LogP contribution in [0.15, 0.2) is 18.2 Å². The lowest BCUT2D eigenvalue weighted by molar-refractivity contribution is -0.137. The van der Waals surface area contributed by atoms with E-state index in [0.717, 1.165) is 0 Å². The number of nitrogens with one attached hydrogen (secondary N) is 1. The first-order valence-corrected chi connectivity index (χ1v) is 10.1. The number of likely N-dealkylation sites (N-methyl/N-ethyl adjacent to an activating group) is 1. The molecule has 0 atom stereocenters. The van der Waals surface area contributed by atoms with Gasteiger partial charge in [0.25, 0.3) is 5.91 Å². The number of anilines is 1. The van der Waals surface area contributed by atoms with Gasteiger partial charge in [-0.05, 0) is 32.0 Å². The molecule has 0 heterocycles. The third-order valence-electron chi connectivity index (χ3n) is 3.60. The summed E-state index contributed by atoms with van der Waals surface area (Å²) in [4.78, 5) is 36.5. The maximum Gasteiger partial charge on any atom is 0.315 e. The van der Waals surface area contributed by atoms with Crippen molar-refractivity contribution in [3.63, 3.8) is 0 Å². The fourth-order valence-electron chi connectivity index (χ4n) is 2.11. The highest BCUT2D eigenvalue weighted by atomic mass is 35.5. The van der Waals surface area contributed by atoms with Crippen LogP contribution in [0, 0.1) is 0 Å². The third-order valence-corrected chi connectivity index (χ3v) is 4.83. The van der Waals surface area contributed by atoms with E-state index in [1.807, 2.05) is 13.8 Å². The Morgan fingerprint density at radius 1 is 1.22 bits per heavy atom. The summed E-state index contributed by atoms with van der Waals surface area (Å²) < 4.78 is 10.00. The van der Waals surface area contributed by atoms with Gasteiger partial charge in [-0.25, -0.2) is 0 Å². The third kappa shape index (κ3) is 8.53. The van der Waals surface area contributed by atoms with Gasteiger partial charge >= 0.3 is 5.97 Å². The number of esters is 1. The number of ether oxygens (including phenoxy) is 2. The molecule has 1 N–H and O–H groups in total. The van der Waals surface area contributed by atoms with Crippen molar-refractivity contribution in [2.45, 2.75) is 20.3 Å². The number of nitrogens with zero attached hydrogens (tertiary/aromatic N) is 1. The van der Waals surface area contributed by atoms with Crippen molar-refractivity contribution in [1.29, 1.82) is 0 Å². The van der Waals surface area contributed by atoms with Gasteiger partial charge in [0.05, 0.1) is 17.9 Å². The maximum absolute atomic E-state index is 12.0. The molecule has 1 aromatic carbocycles. The molecule has 0 aromatic heterocycles. The minimum Gasteiger partial charge on any atom is -0.482 e. The summed E-state index contributed by atoms with van der Waals surface area (Å²) in [6.07, 6.45) is 0.260. The Kier molecular flexibility index (Phi) is 10.7. The van der Waals surface area contributed by atoms with E-state index in [1.54, 1.807) is 23.1 Å². The van der Waals surface area contributed by atoms with Crippen LogP contribution >= 0.6 is 23.4 Å². The second kappa shape index (κ2) is 12.5. The van der Waals surface area contributed by atoms with Crippen LogP contribution in [0.4, 0.5) is 5.69 Å². The van der Waals surface area contributed by atoms with Gasteiger partial charge < -0.3 is 19.7 Å². The first-order valence-electron chi connectivity index (χ1n) is 8.55. The van der Waals surface area contributed by atoms with E-state index < -0.39 is 0 Å². The first kappa shape index (κ1) is 23.1. The lowest BCUT2D eigenvalue weighted by Crippen LogP contribution is -2.34. The summed E-state index contributed by atoms with van der Waals surface area (Å²) in [6.45, 7) is 4.95. The van der Waals surface area contributed by atoms with Gasteiger partial charge in [0.1, 0.15) is 5.75 Å². The molecular weight excluding hydrogens is 392 g/mol. The van der Waals surface area contributed by atoms with Crippen LogP contribution in [0.1, 0.15) is 20.3 Å².